The molecule has 0 amide bonds. The molecule has 1 fully saturated rings. The smallest absolute Gasteiger partial charge is 0.338 e. The number of carbonyl (C=O) groups is 2. The van der Waals surface area contributed by atoms with Crippen LogP contribution in [0.15, 0.2) is 60.7 Å². The largest absolute Gasteiger partial charge is 0.459 e. The lowest BCUT2D eigenvalue weighted by Gasteiger charge is -2.18. The van der Waals surface area contributed by atoms with E-state index in [1.807, 2.05) is 12.1 Å². The molecule has 2 aromatic rings. The van der Waals surface area contributed by atoms with Crippen molar-refractivity contribution >= 4 is 11.9 Å². The number of ether oxygens (including phenoxy) is 4. The first-order chi connectivity index (χ1) is 12.7. The number of carbonyl (C=O) groups excluding carboxylic acids is 2. The van der Waals surface area contributed by atoms with Gasteiger partial charge in [-0.2, -0.15) is 0 Å². The van der Waals surface area contributed by atoms with E-state index < -0.39 is 30.4 Å². The van der Waals surface area contributed by atoms with Crippen LogP contribution in [0.3, 0.4) is 0 Å². The molecule has 3 rings (SSSR count). The Hall–Kier alpha value is -2.70. The molecule has 1 saturated heterocycles. The van der Waals surface area contributed by atoms with E-state index in [2.05, 4.69) is 0 Å². The zero-order valence-corrected chi connectivity index (χ0v) is 14.4. The van der Waals surface area contributed by atoms with E-state index >= 15 is 0 Å². The molecule has 26 heavy (non-hydrogen) atoms. The normalized spacial score (nSPS) is 22.0. The first-order valence-electron chi connectivity index (χ1n) is 8.34. The lowest BCUT2D eigenvalue weighted by Crippen LogP contribution is -2.32. The molecule has 6 heteroatoms. The van der Waals surface area contributed by atoms with Crippen molar-refractivity contribution < 1.29 is 28.5 Å². The van der Waals surface area contributed by atoms with Crippen LogP contribution >= 0.6 is 0 Å². The fourth-order valence-corrected chi connectivity index (χ4v) is 2.70. The third-order valence-electron chi connectivity index (χ3n) is 4.08. The molecule has 0 unspecified atom stereocenters. The van der Waals surface area contributed by atoms with Crippen LogP contribution in [0.25, 0.3) is 0 Å². The molecule has 0 bridgehead atoms. The van der Waals surface area contributed by atoms with Crippen molar-refractivity contribution in [2.24, 2.45) is 0 Å². The minimum absolute atomic E-state index is 0.0275. The molecule has 6 nitrogen and oxygen atoms in total. The van der Waals surface area contributed by atoms with Gasteiger partial charge in [0.15, 0.2) is 6.29 Å². The SMILES string of the molecule is CO[C@H]1C[C@@H](OC(=O)c2ccccc2)[C@@H](COC(=O)c2ccccc2)O1. The quantitative estimate of drug-likeness (QED) is 0.741. The van der Waals surface area contributed by atoms with Crippen molar-refractivity contribution in [1.29, 1.82) is 0 Å². The van der Waals surface area contributed by atoms with Crippen LogP contribution in [0.4, 0.5) is 0 Å². The van der Waals surface area contributed by atoms with E-state index in [0.717, 1.165) is 0 Å². The minimum atomic E-state index is -0.583. The minimum Gasteiger partial charge on any atom is -0.459 e. The highest BCUT2D eigenvalue weighted by Crippen LogP contribution is 2.25. The molecule has 0 N–H and O–H groups in total. The summed E-state index contributed by atoms with van der Waals surface area (Å²) in [6.45, 7) is -0.0275. The number of methoxy groups -OCH3 is 1. The van der Waals surface area contributed by atoms with Crippen LogP contribution in [0.1, 0.15) is 27.1 Å². The fraction of sp³-hybridized carbons (Fsp3) is 0.300. The fourth-order valence-electron chi connectivity index (χ4n) is 2.70. The summed E-state index contributed by atoms with van der Waals surface area (Å²) in [5, 5.41) is 0. The standard InChI is InChI=1S/C20H20O6/c1-23-18-12-16(26-20(22)15-10-6-3-7-11-15)17(25-18)13-24-19(21)14-8-4-2-5-9-14/h2-11,16-18H,12-13H2,1H3/t16-,17-,18-/m1/s1. The van der Waals surface area contributed by atoms with Gasteiger partial charge in [-0.3, -0.25) is 0 Å². The summed E-state index contributed by atoms with van der Waals surface area (Å²) in [6, 6.07) is 17.4. The molecule has 0 radical (unpaired) electrons. The lowest BCUT2D eigenvalue weighted by atomic mass is 10.1. The van der Waals surface area contributed by atoms with Gasteiger partial charge in [0, 0.05) is 13.5 Å². The van der Waals surface area contributed by atoms with Crippen molar-refractivity contribution in [1.82, 2.24) is 0 Å². The van der Waals surface area contributed by atoms with E-state index in [9.17, 15) is 9.59 Å². The molecule has 1 aliphatic heterocycles. The average molecular weight is 356 g/mol. The predicted molar refractivity (Wildman–Crippen MR) is 92.7 cm³/mol. The molecular weight excluding hydrogens is 336 g/mol. The first-order valence-corrected chi connectivity index (χ1v) is 8.34. The molecule has 1 aliphatic rings. The highest BCUT2D eigenvalue weighted by atomic mass is 16.7. The molecule has 0 aromatic heterocycles. The average Bonchev–Trinajstić information content (AvgIpc) is 3.09. The zero-order chi connectivity index (χ0) is 18.4. The van der Waals surface area contributed by atoms with Gasteiger partial charge in [-0.1, -0.05) is 36.4 Å². The Kier molecular flexibility index (Phi) is 5.99. The van der Waals surface area contributed by atoms with Gasteiger partial charge in [0.05, 0.1) is 11.1 Å². The van der Waals surface area contributed by atoms with Gasteiger partial charge >= 0.3 is 11.9 Å². The van der Waals surface area contributed by atoms with Crippen molar-refractivity contribution in [3.8, 4) is 0 Å². The number of rotatable bonds is 6. The van der Waals surface area contributed by atoms with Crippen molar-refractivity contribution in [2.45, 2.75) is 24.9 Å². The monoisotopic (exact) mass is 356 g/mol. The van der Waals surface area contributed by atoms with Gasteiger partial charge < -0.3 is 18.9 Å². The summed E-state index contributed by atoms with van der Waals surface area (Å²) < 4.78 is 21.7. The molecule has 0 spiro atoms. The Morgan fingerprint density at radius 1 is 0.962 bits per heavy atom. The zero-order valence-electron chi connectivity index (χ0n) is 14.4. The Morgan fingerprint density at radius 3 is 2.12 bits per heavy atom. The van der Waals surface area contributed by atoms with Crippen LogP contribution in [0.5, 0.6) is 0 Å². The summed E-state index contributed by atoms with van der Waals surface area (Å²) in [6.07, 6.45) is -1.27. The van der Waals surface area contributed by atoms with Gasteiger partial charge in [-0.25, -0.2) is 9.59 Å². The molecule has 0 saturated carbocycles. The number of benzene rings is 2. The Labute approximate surface area is 151 Å². The Balaban J connectivity index is 1.60. The van der Waals surface area contributed by atoms with Gasteiger partial charge in [0.25, 0.3) is 0 Å². The van der Waals surface area contributed by atoms with Gasteiger partial charge in [-0.05, 0) is 24.3 Å². The highest BCUT2D eigenvalue weighted by molar-refractivity contribution is 5.90. The summed E-state index contributed by atoms with van der Waals surface area (Å²) in [5.74, 6) is -0.904. The lowest BCUT2D eigenvalue weighted by molar-refractivity contribution is -0.128. The molecule has 1 heterocycles. The molecule has 3 atom stereocenters. The Bertz CT molecular complexity index is 730. The van der Waals surface area contributed by atoms with Crippen LogP contribution in [0.2, 0.25) is 0 Å². The maximum atomic E-state index is 12.3. The van der Waals surface area contributed by atoms with Gasteiger partial charge in [-0.15, -0.1) is 0 Å². The van der Waals surface area contributed by atoms with E-state index in [-0.39, 0.29) is 6.61 Å². The van der Waals surface area contributed by atoms with Crippen LogP contribution < -0.4 is 0 Å². The summed E-state index contributed by atoms with van der Waals surface area (Å²) in [7, 11) is 1.51. The summed E-state index contributed by atoms with van der Waals surface area (Å²) in [5.41, 5.74) is 0.903. The second kappa shape index (κ2) is 8.60. The van der Waals surface area contributed by atoms with Crippen LogP contribution in [0, 0.1) is 0 Å². The summed E-state index contributed by atoms with van der Waals surface area (Å²) >= 11 is 0. The summed E-state index contributed by atoms with van der Waals surface area (Å²) in [4.78, 5) is 24.4. The van der Waals surface area contributed by atoms with Gasteiger partial charge in [0.2, 0.25) is 0 Å². The molecular formula is C20H20O6. The third kappa shape index (κ3) is 4.47. The second-order valence-electron chi connectivity index (χ2n) is 5.85. The van der Waals surface area contributed by atoms with Crippen LogP contribution in [-0.4, -0.2) is 44.2 Å². The number of esters is 2. The van der Waals surface area contributed by atoms with Crippen LogP contribution in [-0.2, 0) is 18.9 Å². The van der Waals surface area contributed by atoms with Crippen molar-refractivity contribution in [3.63, 3.8) is 0 Å². The molecule has 136 valence electrons. The Morgan fingerprint density at radius 2 is 1.54 bits per heavy atom. The van der Waals surface area contributed by atoms with Crippen molar-refractivity contribution in [2.75, 3.05) is 13.7 Å². The van der Waals surface area contributed by atoms with E-state index in [1.54, 1.807) is 48.5 Å². The van der Waals surface area contributed by atoms with E-state index in [1.165, 1.54) is 7.11 Å². The molecule has 2 aromatic carbocycles. The number of hydrogen-bond donors (Lipinski definition) is 0. The maximum Gasteiger partial charge on any atom is 0.338 e. The van der Waals surface area contributed by atoms with E-state index in [0.29, 0.717) is 17.5 Å². The number of hydrogen-bond acceptors (Lipinski definition) is 6. The van der Waals surface area contributed by atoms with Crippen molar-refractivity contribution in [3.05, 3.63) is 71.8 Å². The van der Waals surface area contributed by atoms with E-state index in [4.69, 9.17) is 18.9 Å². The van der Waals surface area contributed by atoms with Gasteiger partial charge in [0.1, 0.15) is 18.8 Å². The molecule has 0 aliphatic carbocycles. The topological polar surface area (TPSA) is 71.1 Å². The first kappa shape index (κ1) is 18.1. The highest BCUT2D eigenvalue weighted by Gasteiger charge is 2.39. The predicted octanol–water partition coefficient (Wildman–Crippen LogP) is 2.83. The second-order valence-corrected chi connectivity index (χ2v) is 5.85. The maximum absolute atomic E-state index is 12.3. The third-order valence-corrected chi connectivity index (χ3v) is 4.08.